The molecule has 0 amide bonds. The maximum Gasteiger partial charge on any atom is 0.138 e. The van der Waals surface area contributed by atoms with Crippen LogP contribution in [0.2, 0.25) is 0 Å². The summed E-state index contributed by atoms with van der Waals surface area (Å²) in [6.07, 6.45) is 1.01. The first-order chi connectivity index (χ1) is 12.7. The van der Waals surface area contributed by atoms with Gasteiger partial charge in [-0.1, -0.05) is 18.2 Å². The Morgan fingerprint density at radius 3 is 2.96 bits per heavy atom. The highest BCUT2D eigenvalue weighted by Gasteiger charge is 2.26. The number of fused-ring (bicyclic) bond motifs is 2. The molecule has 5 heteroatoms. The highest BCUT2D eigenvalue weighted by molar-refractivity contribution is 6.07. The molecule has 5 nitrogen and oxygen atoms in total. The van der Waals surface area contributed by atoms with Crippen LogP contribution in [0.25, 0.3) is 0 Å². The number of aliphatic imine (C=N–C) groups is 1. The van der Waals surface area contributed by atoms with Crippen molar-refractivity contribution in [2.24, 2.45) is 4.99 Å². The third kappa shape index (κ3) is 3.45. The largest absolute Gasteiger partial charge is 0.385 e. The molecule has 0 saturated carbocycles. The molecular weight excluding hydrogens is 324 g/mol. The van der Waals surface area contributed by atoms with E-state index >= 15 is 0 Å². The number of nitrogens with zero attached hydrogens (tertiary/aromatic N) is 2. The zero-order chi connectivity index (χ0) is 17.9. The number of ether oxygens (including phenoxy) is 1. The molecule has 0 spiro atoms. The highest BCUT2D eigenvalue weighted by Crippen LogP contribution is 2.35. The number of benzene rings is 2. The lowest BCUT2D eigenvalue weighted by Gasteiger charge is -2.36. The summed E-state index contributed by atoms with van der Waals surface area (Å²) in [5, 5.41) is 7.18. The van der Waals surface area contributed by atoms with Gasteiger partial charge < -0.3 is 20.3 Å². The van der Waals surface area contributed by atoms with E-state index in [1.807, 2.05) is 12.1 Å². The predicted octanol–water partition coefficient (Wildman–Crippen LogP) is 3.44. The summed E-state index contributed by atoms with van der Waals surface area (Å²) in [6.45, 7) is 5.76. The van der Waals surface area contributed by atoms with Crippen LogP contribution in [0.3, 0.4) is 0 Å². The molecule has 1 saturated heterocycles. The van der Waals surface area contributed by atoms with Crippen LogP contribution in [0.4, 0.5) is 17.1 Å². The fourth-order valence-corrected chi connectivity index (χ4v) is 3.67. The Morgan fingerprint density at radius 2 is 2.08 bits per heavy atom. The van der Waals surface area contributed by atoms with Crippen molar-refractivity contribution in [2.45, 2.75) is 19.4 Å². The molecule has 4 rings (SSSR count). The van der Waals surface area contributed by atoms with Gasteiger partial charge in [0, 0.05) is 50.6 Å². The van der Waals surface area contributed by atoms with Gasteiger partial charge in [-0.15, -0.1) is 0 Å². The van der Waals surface area contributed by atoms with Gasteiger partial charge in [0.05, 0.1) is 11.4 Å². The number of aryl methyl sites for hydroxylation is 1. The van der Waals surface area contributed by atoms with Crippen molar-refractivity contribution in [2.75, 3.05) is 38.7 Å². The van der Waals surface area contributed by atoms with Crippen LogP contribution in [-0.2, 0) is 4.74 Å². The van der Waals surface area contributed by atoms with Crippen LogP contribution in [0.15, 0.2) is 47.5 Å². The second-order valence-corrected chi connectivity index (χ2v) is 7.01. The first kappa shape index (κ1) is 17.1. The molecule has 2 aliphatic rings. The quantitative estimate of drug-likeness (QED) is 0.890. The third-order valence-corrected chi connectivity index (χ3v) is 5.04. The number of nitrogens with one attached hydrogen (secondary N) is 2. The number of amidine groups is 1. The third-order valence-electron chi connectivity index (χ3n) is 5.04. The number of para-hydroxylation sites is 2. The molecular formula is C21H26N4O. The topological polar surface area (TPSA) is 48.9 Å². The Balaban J connectivity index is 1.72. The zero-order valence-electron chi connectivity index (χ0n) is 15.5. The van der Waals surface area contributed by atoms with Crippen LogP contribution in [0.1, 0.15) is 17.5 Å². The molecule has 2 aliphatic heterocycles. The van der Waals surface area contributed by atoms with Gasteiger partial charge in [-0.3, -0.25) is 0 Å². The molecule has 2 aromatic carbocycles. The normalized spacial score (nSPS) is 19.1. The molecule has 0 bridgehead atoms. The summed E-state index contributed by atoms with van der Waals surface area (Å²) in [6, 6.07) is 15.2. The number of rotatable bonds is 3. The Labute approximate surface area is 155 Å². The van der Waals surface area contributed by atoms with Crippen LogP contribution in [0.5, 0.6) is 0 Å². The number of methoxy groups -OCH3 is 1. The summed E-state index contributed by atoms with van der Waals surface area (Å²) in [5.74, 6) is 1.06. The Bertz CT molecular complexity index is 817. The van der Waals surface area contributed by atoms with Crippen molar-refractivity contribution >= 4 is 22.9 Å². The van der Waals surface area contributed by atoms with Gasteiger partial charge in [0.1, 0.15) is 5.84 Å². The van der Waals surface area contributed by atoms with E-state index in [1.165, 1.54) is 11.1 Å². The van der Waals surface area contributed by atoms with E-state index in [2.05, 4.69) is 52.8 Å². The molecule has 2 N–H and O–H groups in total. The summed E-state index contributed by atoms with van der Waals surface area (Å²) in [5.41, 5.74) is 5.58. The maximum atomic E-state index is 5.26. The first-order valence-corrected chi connectivity index (χ1v) is 9.27. The lowest BCUT2D eigenvalue weighted by Crippen LogP contribution is -2.53. The summed E-state index contributed by atoms with van der Waals surface area (Å²) in [7, 11) is 1.76. The molecule has 0 radical (unpaired) electrons. The van der Waals surface area contributed by atoms with Gasteiger partial charge in [-0.25, -0.2) is 4.99 Å². The van der Waals surface area contributed by atoms with Gasteiger partial charge in [0.15, 0.2) is 0 Å². The second kappa shape index (κ2) is 7.48. The Hall–Kier alpha value is -2.37. The lowest BCUT2D eigenvalue weighted by molar-refractivity contribution is 0.168. The van der Waals surface area contributed by atoms with Gasteiger partial charge in [-0.2, -0.15) is 0 Å². The van der Waals surface area contributed by atoms with Gasteiger partial charge in [0.25, 0.3) is 0 Å². The minimum Gasteiger partial charge on any atom is -0.385 e. The van der Waals surface area contributed by atoms with E-state index in [4.69, 9.17) is 9.73 Å². The second-order valence-electron chi connectivity index (χ2n) is 7.01. The smallest absolute Gasteiger partial charge is 0.138 e. The zero-order valence-corrected chi connectivity index (χ0v) is 15.5. The monoisotopic (exact) mass is 350 g/mol. The van der Waals surface area contributed by atoms with Gasteiger partial charge >= 0.3 is 0 Å². The molecule has 1 atom stereocenters. The van der Waals surface area contributed by atoms with Crippen LogP contribution in [-0.4, -0.2) is 50.1 Å². The van der Waals surface area contributed by atoms with Crippen LogP contribution >= 0.6 is 0 Å². The van der Waals surface area contributed by atoms with E-state index < -0.39 is 0 Å². The summed E-state index contributed by atoms with van der Waals surface area (Å²) < 4.78 is 5.26. The van der Waals surface area contributed by atoms with Crippen molar-refractivity contribution in [3.8, 4) is 0 Å². The van der Waals surface area contributed by atoms with Crippen molar-refractivity contribution in [1.82, 2.24) is 10.2 Å². The number of piperazine rings is 1. The van der Waals surface area contributed by atoms with E-state index in [0.717, 1.165) is 55.6 Å². The summed E-state index contributed by atoms with van der Waals surface area (Å²) in [4.78, 5) is 7.48. The lowest BCUT2D eigenvalue weighted by atomic mass is 10.1. The minimum atomic E-state index is 0.423. The molecule has 2 heterocycles. The first-order valence-electron chi connectivity index (χ1n) is 9.27. The maximum absolute atomic E-state index is 5.26. The average Bonchev–Trinajstić information content (AvgIpc) is 2.82. The molecule has 2 aromatic rings. The molecule has 136 valence electrons. The molecule has 0 aliphatic carbocycles. The molecule has 0 aromatic heterocycles. The Kier molecular flexibility index (Phi) is 4.91. The SMILES string of the molecule is COCCC1CN(C2=Nc3ccccc3Nc3cc(C)ccc32)CCN1. The highest BCUT2D eigenvalue weighted by atomic mass is 16.5. The molecule has 1 fully saturated rings. The van der Waals surface area contributed by atoms with Crippen molar-refractivity contribution < 1.29 is 4.74 Å². The van der Waals surface area contributed by atoms with Crippen molar-refractivity contribution in [3.63, 3.8) is 0 Å². The minimum absolute atomic E-state index is 0.423. The fourth-order valence-electron chi connectivity index (χ4n) is 3.67. The summed E-state index contributed by atoms with van der Waals surface area (Å²) >= 11 is 0. The molecule has 26 heavy (non-hydrogen) atoms. The van der Waals surface area contributed by atoms with E-state index in [1.54, 1.807) is 7.11 Å². The van der Waals surface area contributed by atoms with E-state index in [-0.39, 0.29) is 0 Å². The number of hydrogen-bond donors (Lipinski definition) is 2. The Morgan fingerprint density at radius 1 is 1.19 bits per heavy atom. The van der Waals surface area contributed by atoms with Crippen molar-refractivity contribution in [1.29, 1.82) is 0 Å². The van der Waals surface area contributed by atoms with Crippen LogP contribution < -0.4 is 10.6 Å². The standard InChI is InChI=1S/C21H26N4O/c1-15-7-8-17-20(13-15)23-18-5-3-4-6-19(18)24-21(17)25-11-10-22-16(14-25)9-12-26-2/h3-8,13,16,22-23H,9-12,14H2,1-2H3. The predicted molar refractivity (Wildman–Crippen MR) is 107 cm³/mol. The number of hydrogen-bond acceptors (Lipinski definition) is 5. The molecule has 1 unspecified atom stereocenters. The average molecular weight is 350 g/mol. The van der Waals surface area contributed by atoms with E-state index in [9.17, 15) is 0 Å². The van der Waals surface area contributed by atoms with Crippen LogP contribution in [0, 0.1) is 6.92 Å². The van der Waals surface area contributed by atoms with Gasteiger partial charge in [-0.05, 0) is 43.2 Å². The fraction of sp³-hybridized carbons (Fsp3) is 0.381. The van der Waals surface area contributed by atoms with Crippen molar-refractivity contribution in [3.05, 3.63) is 53.6 Å². The van der Waals surface area contributed by atoms with E-state index in [0.29, 0.717) is 6.04 Å². The van der Waals surface area contributed by atoms with Gasteiger partial charge in [0.2, 0.25) is 0 Å². The number of anilines is 2.